The van der Waals surface area contributed by atoms with Crippen LogP contribution in [0.25, 0.3) is 11.8 Å². The summed E-state index contributed by atoms with van der Waals surface area (Å²) < 4.78 is 0. The van der Waals surface area contributed by atoms with Crippen molar-refractivity contribution in [1.29, 1.82) is 0 Å². The lowest BCUT2D eigenvalue weighted by atomic mass is 10.3. The molecule has 0 atom stereocenters. The molecule has 0 aliphatic rings. The fourth-order valence-electron chi connectivity index (χ4n) is 1.33. The molecule has 0 spiro atoms. The molecule has 1 heterocycles. The molecule has 1 N–H and O–H groups in total. The van der Waals surface area contributed by atoms with Gasteiger partial charge in [-0.15, -0.1) is 9.90 Å². The Bertz CT molecular complexity index is 533. The lowest BCUT2D eigenvalue weighted by Gasteiger charge is -2.01. The molecule has 1 aromatic heterocycles. The molecule has 0 saturated carbocycles. The van der Waals surface area contributed by atoms with E-state index in [1.165, 1.54) is 10.9 Å². The molecular formula is C14H17N3O. The van der Waals surface area contributed by atoms with E-state index in [0.29, 0.717) is 5.70 Å². The third-order valence-electron chi connectivity index (χ3n) is 2.20. The minimum absolute atomic E-state index is 0.0300. The summed E-state index contributed by atoms with van der Waals surface area (Å²) in [5, 5.41) is 18.3. The van der Waals surface area contributed by atoms with Gasteiger partial charge in [0.15, 0.2) is 0 Å². The van der Waals surface area contributed by atoms with Crippen LogP contribution in [0.4, 0.5) is 0 Å². The van der Waals surface area contributed by atoms with Crippen LogP contribution in [-0.4, -0.2) is 20.1 Å². The topological polar surface area (TPSA) is 50.9 Å². The predicted molar refractivity (Wildman–Crippen MR) is 74.8 cm³/mol. The second-order valence-electron chi connectivity index (χ2n) is 3.53. The van der Waals surface area contributed by atoms with Crippen molar-refractivity contribution < 1.29 is 5.11 Å². The van der Waals surface area contributed by atoms with Crippen LogP contribution >= 0.6 is 0 Å². The van der Waals surface area contributed by atoms with Gasteiger partial charge in [-0.3, -0.25) is 0 Å². The molecule has 4 nitrogen and oxygen atoms in total. The van der Waals surface area contributed by atoms with E-state index >= 15 is 0 Å². The Morgan fingerprint density at radius 2 is 2.06 bits per heavy atom. The Balaban J connectivity index is 3.28. The molecule has 0 radical (unpaired) electrons. The summed E-state index contributed by atoms with van der Waals surface area (Å²) in [6, 6.07) is 0. The van der Waals surface area contributed by atoms with Gasteiger partial charge < -0.3 is 5.11 Å². The third kappa shape index (κ3) is 3.07. The van der Waals surface area contributed by atoms with Crippen LogP contribution in [-0.2, 0) is 0 Å². The number of aryl methyl sites for hydroxylation is 1. The Kier molecular flexibility index (Phi) is 4.87. The highest BCUT2D eigenvalue weighted by atomic mass is 16.3. The molecule has 0 aliphatic carbocycles. The summed E-state index contributed by atoms with van der Waals surface area (Å²) in [5.41, 5.74) is 1.98. The molecular weight excluding hydrogens is 226 g/mol. The van der Waals surface area contributed by atoms with E-state index in [2.05, 4.69) is 23.4 Å². The van der Waals surface area contributed by atoms with E-state index in [1.54, 1.807) is 24.3 Å². The van der Waals surface area contributed by atoms with E-state index in [-0.39, 0.29) is 5.76 Å². The molecule has 0 bridgehead atoms. The number of hydrogen-bond donors (Lipinski definition) is 1. The highest BCUT2D eigenvalue weighted by Gasteiger charge is 2.09. The number of aliphatic hydroxyl groups is 1. The average molecular weight is 243 g/mol. The van der Waals surface area contributed by atoms with Gasteiger partial charge in [0, 0.05) is 0 Å². The molecule has 1 aromatic rings. The van der Waals surface area contributed by atoms with E-state index in [1.807, 2.05) is 19.9 Å². The van der Waals surface area contributed by atoms with Gasteiger partial charge in [-0.1, -0.05) is 31.4 Å². The Labute approximate surface area is 107 Å². The number of allylic oxidation sites excluding steroid dienone is 6. The SMILES string of the molecule is C=C/C=C\c1nn(C(/C=C\C)=C(\O)C=C)nc1C. The molecule has 0 saturated heterocycles. The summed E-state index contributed by atoms with van der Waals surface area (Å²) in [4.78, 5) is 1.38. The first-order chi connectivity index (χ1) is 8.63. The minimum atomic E-state index is 0.0300. The van der Waals surface area contributed by atoms with Crippen LogP contribution in [0.1, 0.15) is 18.3 Å². The average Bonchev–Trinajstić information content (AvgIpc) is 2.73. The summed E-state index contributed by atoms with van der Waals surface area (Å²) in [7, 11) is 0. The lowest BCUT2D eigenvalue weighted by molar-refractivity contribution is 0.430. The second kappa shape index (κ2) is 6.39. The first-order valence-corrected chi connectivity index (χ1v) is 5.55. The Morgan fingerprint density at radius 3 is 2.61 bits per heavy atom. The molecule has 4 heteroatoms. The van der Waals surface area contributed by atoms with Gasteiger partial charge in [-0.05, 0) is 32.1 Å². The standard InChI is InChI=1S/C14H17N3O/c1-5-8-10-12-11(4)15-17(16-12)13(9-6-2)14(18)7-3/h5-10,18H,1,3H2,2,4H3/b9-6-,10-8-,14-13-. The highest BCUT2D eigenvalue weighted by Crippen LogP contribution is 2.13. The molecule has 1 rings (SSSR count). The van der Waals surface area contributed by atoms with Crippen LogP contribution in [0, 0.1) is 6.92 Å². The second-order valence-corrected chi connectivity index (χ2v) is 3.53. The Morgan fingerprint density at radius 1 is 1.33 bits per heavy atom. The van der Waals surface area contributed by atoms with Crippen molar-refractivity contribution in [3.63, 3.8) is 0 Å². The quantitative estimate of drug-likeness (QED) is 0.637. The molecule has 0 amide bonds. The summed E-state index contributed by atoms with van der Waals surface area (Å²) in [6.45, 7) is 10.8. The summed E-state index contributed by atoms with van der Waals surface area (Å²) in [5.74, 6) is 0.0300. The van der Waals surface area contributed by atoms with Crippen LogP contribution in [0.2, 0.25) is 0 Å². The van der Waals surface area contributed by atoms with Crippen molar-refractivity contribution in [3.05, 3.63) is 60.7 Å². The van der Waals surface area contributed by atoms with E-state index in [4.69, 9.17) is 0 Å². The van der Waals surface area contributed by atoms with Crippen molar-refractivity contribution in [1.82, 2.24) is 15.0 Å². The van der Waals surface area contributed by atoms with Crippen LogP contribution < -0.4 is 0 Å². The van der Waals surface area contributed by atoms with Crippen molar-refractivity contribution in [2.75, 3.05) is 0 Å². The monoisotopic (exact) mass is 243 g/mol. The normalized spacial score (nSPS) is 13.0. The van der Waals surface area contributed by atoms with Gasteiger partial charge >= 0.3 is 0 Å². The van der Waals surface area contributed by atoms with Gasteiger partial charge in [0.1, 0.15) is 17.2 Å². The molecule has 0 unspecified atom stereocenters. The van der Waals surface area contributed by atoms with Crippen molar-refractivity contribution >= 4 is 11.8 Å². The van der Waals surface area contributed by atoms with Crippen LogP contribution in [0.15, 0.2) is 49.3 Å². The predicted octanol–water partition coefficient (Wildman–Crippen LogP) is 3.27. The number of aromatic nitrogens is 3. The van der Waals surface area contributed by atoms with E-state index in [9.17, 15) is 5.11 Å². The number of rotatable bonds is 5. The maximum atomic E-state index is 9.75. The summed E-state index contributed by atoms with van der Waals surface area (Å²) >= 11 is 0. The van der Waals surface area contributed by atoms with Crippen LogP contribution in [0.5, 0.6) is 0 Å². The first kappa shape index (κ1) is 13.7. The largest absolute Gasteiger partial charge is 0.506 e. The fourth-order valence-corrected chi connectivity index (χ4v) is 1.33. The summed E-state index contributed by atoms with van der Waals surface area (Å²) in [6.07, 6.45) is 10.1. The van der Waals surface area contributed by atoms with Gasteiger partial charge in [-0.2, -0.15) is 5.10 Å². The highest BCUT2D eigenvalue weighted by molar-refractivity contribution is 5.60. The maximum absolute atomic E-state index is 9.75. The molecule has 18 heavy (non-hydrogen) atoms. The van der Waals surface area contributed by atoms with Crippen molar-refractivity contribution in [2.45, 2.75) is 13.8 Å². The van der Waals surface area contributed by atoms with Crippen LogP contribution in [0.3, 0.4) is 0 Å². The fraction of sp³-hybridized carbons (Fsp3) is 0.143. The zero-order valence-corrected chi connectivity index (χ0v) is 10.7. The Hall–Kier alpha value is -2.36. The zero-order valence-electron chi connectivity index (χ0n) is 10.7. The first-order valence-electron chi connectivity index (χ1n) is 5.55. The number of aliphatic hydroxyl groups excluding tert-OH is 1. The third-order valence-corrected chi connectivity index (χ3v) is 2.20. The minimum Gasteiger partial charge on any atom is -0.506 e. The van der Waals surface area contributed by atoms with E-state index < -0.39 is 0 Å². The van der Waals surface area contributed by atoms with Gasteiger partial charge in [0.05, 0.1) is 5.69 Å². The van der Waals surface area contributed by atoms with Crippen molar-refractivity contribution in [3.8, 4) is 0 Å². The number of hydrogen-bond acceptors (Lipinski definition) is 3. The van der Waals surface area contributed by atoms with E-state index in [0.717, 1.165) is 11.4 Å². The molecule has 0 fully saturated rings. The molecule has 0 aromatic carbocycles. The van der Waals surface area contributed by atoms with Gasteiger partial charge in [0.25, 0.3) is 0 Å². The van der Waals surface area contributed by atoms with Gasteiger partial charge in [0.2, 0.25) is 0 Å². The molecule has 0 aliphatic heterocycles. The number of nitrogens with zero attached hydrogens (tertiary/aromatic N) is 3. The zero-order chi connectivity index (χ0) is 13.5. The maximum Gasteiger partial charge on any atom is 0.142 e. The molecule has 94 valence electrons. The smallest absolute Gasteiger partial charge is 0.142 e. The van der Waals surface area contributed by atoms with Crippen molar-refractivity contribution in [2.24, 2.45) is 0 Å². The van der Waals surface area contributed by atoms with Gasteiger partial charge in [-0.25, -0.2) is 0 Å². The lowest BCUT2D eigenvalue weighted by Crippen LogP contribution is -2.02.